The van der Waals surface area contributed by atoms with Crippen LogP contribution < -0.4 is 0 Å². The highest BCUT2D eigenvalue weighted by molar-refractivity contribution is 5.91. The van der Waals surface area contributed by atoms with Gasteiger partial charge < -0.3 is 14.9 Å². The fourth-order valence-electron chi connectivity index (χ4n) is 4.92. The van der Waals surface area contributed by atoms with Gasteiger partial charge in [-0.1, -0.05) is 36.2 Å². The predicted octanol–water partition coefficient (Wildman–Crippen LogP) is 2.58. The number of aryl methyl sites for hydroxylation is 1. The number of carbonyl (C=O) groups is 1. The first-order valence-corrected chi connectivity index (χ1v) is 10.3. The number of benzene rings is 1. The molecule has 1 aliphatic carbocycles. The number of aliphatic hydroxyl groups excluding tert-OH is 1. The number of nitrogens with zero attached hydrogens (tertiary/aromatic N) is 2. The molecule has 1 aromatic rings. The molecule has 0 radical (unpaired) electrons. The van der Waals surface area contributed by atoms with Crippen LogP contribution in [0.5, 0.6) is 0 Å². The molecule has 26 heavy (non-hydrogen) atoms. The third kappa shape index (κ3) is 3.41. The normalized spacial score (nSPS) is 28.3. The second-order valence-corrected chi connectivity index (χ2v) is 8.72. The average Bonchev–Trinajstić information content (AvgIpc) is 3.38. The Morgan fingerprint density at radius 2 is 1.73 bits per heavy atom. The summed E-state index contributed by atoms with van der Waals surface area (Å²) in [6, 6.07) is 8.49. The van der Waals surface area contributed by atoms with Crippen LogP contribution in [0.1, 0.15) is 43.2 Å². The lowest BCUT2D eigenvalue weighted by atomic mass is 9.93. The third-order valence-electron chi connectivity index (χ3n) is 6.80. The average molecular weight is 357 g/mol. The number of hydrogen-bond acceptors (Lipinski definition) is 3. The Kier molecular flexibility index (Phi) is 5.07. The van der Waals surface area contributed by atoms with Gasteiger partial charge in [-0.05, 0) is 57.2 Å². The standard InChI is InChI=1S/C22H32N2O2/c1-17-5-7-20(8-6-17)22(9-10-22)21(26)24-14-18(19(15-24)16-25)13-23-11-3-2-4-12-23/h5-8,18-19,25H,2-4,9-16H2,1H3/t18-,19-/m1/s1. The maximum absolute atomic E-state index is 13.3. The van der Waals surface area contributed by atoms with Gasteiger partial charge in [-0.15, -0.1) is 0 Å². The van der Waals surface area contributed by atoms with Gasteiger partial charge in [0.25, 0.3) is 0 Å². The van der Waals surface area contributed by atoms with E-state index < -0.39 is 0 Å². The fraction of sp³-hybridized carbons (Fsp3) is 0.682. The van der Waals surface area contributed by atoms with Gasteiger partial charge in [0.2, 0.25) is 5.91 Å². The van der Waals surface area contributed by atoms with Crippen LogP contribution in [0.4, 0.5) is 0 Å². The molecule has 1 saturated carbocycles. The highest BCUT2D eigenvalue weighted by Crippen LogP contribution is 2.50. The van der Waals surface area contributed by atoms with E-state index in [-0.39, 0.29) is 17.9 Å². The Labute approximate surface area is 157 Å². The van der Waals surface area contributed by atoms with Crippen molar-refractivity contribution in [2.24, 2.45) is 11.8 Å². The molecule has 4 rings (SSSR count). The molecular weight excluding hydrogens is 324 g/mol. The lowest BCUT2D eigenvalue weighted by Gasteiger charge is -2.30. The molecule has 4 nitrogen and oxygen atoms in total. The van der Waals surface area contributed by atoms with E-state index in [1.54, 1.807) is 0 Å². The van der Waals surface area contributed by atoms with Crippen LogP contribution in [0.25, 0.3) is 0 Å². The summed E-state index contributed by atoms with van der Waals surface area (Å²) < 4.78 is 0. The minimum absolute atomic E-state index is 0.194. The van der Waals surface area contributed by atoms with Gasteiger partial charge in [0.15, 0.2) is 0 Å². The Morgan fingerprint density at radius 3 is 2.35 bits per heavy atom. The highest BCUT2D eigenvalue weighted by atomic mass is 16.3. The van der Waals surface area contributed by atoms with Gasteiger partial charge in [0.1, 0.15) is 0 Å². The lowest BCUT2D eigenvalue weighted by Crippen LogP contribution is -2.39. The number of hydrogen-bond donors (Lipinski definition) is 1. The maximum Gasteiger partial charge on any atom is 0.233 e. The van der Waals surface area contributed by atoms with Crippen LogP contribution in [-0.4, -0.2) is 60.1 Å². The molecule has 2 saturated heterocycles. The van der Waals surface area contributed by atoms with E-state index in [4.69, 9.17) is 0 Å². The summed E-state index contributed by atoms with van der Waals surface area (Å²) >= 11 is 0. The van der Waals surface area contributed by atoms with Crippen molar-refractivity contribution in [1.29, 1.82) is 0 Å². The van der Waals surface area contributed by atoms with E-state index >= 15 is 0 Å². The topological polar surface area (TPSA) is 43.8 Å². The van der Waals surface area contributed by atoms with Crippen molar-refractivity contribution in [1.82, 2.24) is 9.80 Å². The van der Waals surface area contributed by atoms with Crippen LogP contribution in [0.15, 0.2) is 24.3 Å². The molecule has 0 unspecified atom stereocenters. The summed E-state index contributed by atoms with van der Waals surface area (Å²) in [7, 11) is 0. The number of piperidine rings is 1. The summed E-state index contributed by atoms with van der Waals surface area (Å²) in [4.78, 5) is 17.9. The minimum atomic E-state index is -0.284. The molecule has 3 fully saturated rings. The summed E-state index contributed by atoms with van der Waals surface area (Å²) in [5, 5.41) is 9.87. The van der Waals surface area contributed by atoms with Crippen LogP contribution >= 0.6 is 0 Å². The molecular formula is C22H32N2O2. The second-order valence-electron chi connectivity index (χ2n) is 8.72. The van der Waals surface area contributed by atoms with E-state index in [1.165, 1.54) is 43.5 Å². The molecule has 0 aromatic heterocycles. The number of rotatable bonds is 5. The Balaban J connectivity index is 1.44. The highest BCUT2D eigenvalue weighted by Gasteiger charge is 2.54. The maximum atomic E-state index is 13.3. The quantitative estimate of drug-likeness (QED) is 0.882. The molecule has 2 heterocycles. The smallest absolute Gasteiger partial charge is 0.233 e. The Hall–Kier alpha value is -1.39. The molecule has 1 amide bonds. The van der Waals surface area contributed by atoms with E-state index in [0.717, 1.165) is 32.5 Å². The molecule has 2 aliphatic heterocycles. The van der Waals surface area contributed by atoms with Crippen LogP contribution in [0.2, 0.25) is 0 Å². The van der Waals surface area contributed by atoms with E-state index in [0.29, 0.717) is 11.8 Å². The number of amides is 1. The van der Waals surface area contributed by atoms with Crippen molar-refractivity contribution >= 4 is 5.91 Å². The molecule has 2 atom stereocenters. The van der Waals surface area contributed by atoms with Crippen molar-refractivity contribution in [2.45, 2.75) is 44.4 Å². The lowest BCUT2D eigenvalue weighted by molar-refractivity contribution is -0.133. The molecule has 1 N–H and O–H groups in total. The third-order valence-corrected chi connectivity index (χ3v) is 6.80. The van der Waals surface area contributed by atoms with Crippen LogP contribution in [0, 0.1) is 18.8 Å². The van der Waals surface area contributed by atoms with Crippen molar-refractivity contribution in [3.05, 3.63) is 35.4 Å². The molecule has 3 aliphatic rings. The van der Waals surface area contributed by atoms with E-state index in [9.17, 15) is 9.90 Å². The molecule has 142 valence electrons. The number of aliphatic hydroxyl groups is 1. The summed E-state index contributed by atoms with van der Waals surface area (Å²) in [5.41, 5.74) is 2.13. The molecule has 0 spiro atoms. The van der Waals surface area contributed by atoms with Gasteiger partial charge in [-0.3, -0.25) is 4.79 Å². The van der Waals surface area contributed by atoms with Gasteiger partial charge >= 0.3 is 0 Å². The Bertz CT molecular complexity index is 632. The second kappa shape index (κ2) is 7.32. The monoisotopic (exact) mass is 356 g/mol. The predicted molar refractivity (Wildman–Crippen MR) is 103 cm³/mol. The molecule has 4 heteroatoms. The zero-order valence-corrected chi connectivity index (χ0v) is 16.0. The van der Waals surface area contributed by atoms with Crippen molar-refractivity contribution in [2.75, 3.05) is 39.3 Å². The SMILES string of the molecule is Cc1ccc(C2(C(=O)N3C[C@@H](CN4CCCCC4)[C@@H](CO)C3)CC2)cc1. The fourth-order valence-corrected chi connectivity index (χ4v) is 4.92. The van der Waals surface area contributed by atoms with E-state index in [2.05, 4.69) is 41.0 Å². The first-order chi connectivity index (χ1) is 12.6. The van der Waals surface area contributed by atoms with Crippen molar-refractivity contribution in [3.8, 4) is 0 Å². The van der Waals surface area contributed by atoms with Crippen LogP contribution in [-0.2, 0) is 10.2 Å². The first kappa shape index (κ1) is 18.0. The van der Waals surface area contributed by atoms with Crippen molar-refractivity contribution < 1.29 is 9.90 Å². The molecule has 0 bridgehead atoms. The summed E-state index contributed by atoms with van der Waals surface area (Å²) in [6.45, 7) is 7.20. The van der Waals surface area contributed by atoms with Gasteiger partial charge in [-0.25, -0.2) is 0 Å². The van der Waals surface area contributed by atoms with Gasteiger partial charge in [0.05, 0.1) is 5.41 Å². The number of carbonyl (C=O) groups excluding carboxylic acids is 1. The largest absolute Gasteiger partial charge is 0.396 e. The Morgan fingerprint density at radius 1 is 1.08 bits per heavy atom. The van der Waals surface area contributed by atoms with Crippen LogP contribution in [0.3, 0.4) is 0 Å². The number of likely N-dealkylation sites (tertiary alicyclic amines) is 2. The van der Waals surface area contributed by atoms with E-state index in [1.807, 2.05) is 0 Å². The summed E-state index contributed by atoms with van der Waals surface area (Å²) in [5.74, 6) is 0.937. The van der Waals surface area contributed by atoms with Gasteiger partial charge in [0, 0.05) is 32.2 Å². The zero-order chi connectivity index (χ0) is 18.1. The zero-order valence-electron chi connectivity index (χ0n) is 16.0. The summed E-state index contributed by atoms with van der Waals surface area (Å²) in [6.07, 6.45) is 5.84. The van der Waals surface area contributed by atoms with Gasteiger partial charge in [-0.2, -0.15) is 0 Å². The first-order valence-electron chi connectivity index (χ1n) is 10.3. The molecule has 1 aromatic carbocycles. The van der Waals surface area contributed by atoms with Crippen molar-refractivity contribution in [3.63, 3.8) is 0 Å². The minimum Gasteiger partial charge on any atom is -0.396 e.